The van der Waals surface area contributed by atoms with Crippen molar-refractivity contribution in [2.45, 2.75) is 46.9 Å². The molecule has 0 spiro atoms. The molecule has 0 saturated carbocycles. The standard InChI is InChI=1S/C49H43IN2O5/c1-2-35-33-52(47(54)51-45(35)53)46-43(50)44(57-49(39-27-15-6-16-28-39,40-29-17-7-18-30-40)41-31-19-8-20-32-41)42(56-46)34-55-48(36-21-9-3-10-22-36,37-23-11-4-12-24-37)38-25-13-5-14-26-38/h3-33,42-44,46H,2,34H2,1H3,(H,51,53,54)/t42-,43-,44-,46-/m1/s1. The lowest BCUT2D eigenvalue weighted by Crippen LogP contribution is -2.45. The maximum atomic E-state index is 13.6. The summed E-state index contributed by atoms with van der Waals surface area (Å²) in [6.45, 7) is 1.98. The Bertz CT molecular complexity index is 2290. The third-order valence-electron chi connectivity index (χ3n) is 10.8. The largest absolute Gasteiger partial charge is 0.358 e. The van der Waals surface area contributed by atoms with Gasteiger partial charge in [-0.05, 0) is 39.8 Å². The van der Waals surface area contributed by atoms with Crippen LogP contribution in [-0.4, -0.2) is 32.3 Å². The molecule has 2 heterocycles. The molecule has 7 aromatic rings. The number of aryl methyl sites for hydroxylation is 1. The Balaban J connectivity index is 1.31. The topological polar surface area (TPSA) is 82.6 Å². The summed E-state index contributed by atoms with van der Waals surface area (Å²) in [6, 6.07) is 61.4. The molecule has 57 heavy (non-hydrogen) atoms. The van der Waals surface area contributed by atoms with Crippen LogP contribution < -0.4 is 11.2 Å². The second-order valence-corrected chi connectivity index (χ2v) is 15.6. The summed E-state index contributed by atoms with van der Waals surface area (Å²) in [5.74, 6) is 0. The highest BCUT2D eigenvalue weighted by atomic mass is 127. The van der Waals surface area contributed by atoms with Gasteiger partial charge in [-0.15, -0.1) is 0 Å². The minimum Gasteiger partial charge on any atom is -0.358 e. The molecular formula is C49H43IN2O5. The van der Waals surface area contributed by atoms with E-state index in [1.54, 1.807) is 6.20 Å². The number of ether oxygens (including phenoxy) is 3. The monoisotopic (exact) mass is 866 g/mol. The zero-order valence-electron chi connectivity index (χ0n) is 31.5. The fourth-order valence-electron chi connectivity index (χ4n) is 8.06. The molecule has 1 aliphatic rings. The van der Waals surface area contributed by atoms with Crippen molar-refractivity contribution in [3.05, 3.63) is 248 Å². The lowest BCUT2D eigenvalue weighted by molar-refractivity contribution is -0.126. The molecule has 8 rings (SSSR count). The number of aromatic nitrogens is 2. The number of hydrogen-bond donors (Lipinski definition) is 1. The van der Waals surface area contributed by atoms with E-state index >= 15 is 0 Å². The maximum Gasteiger partial charge on any atom is 0.330 e. The fraction of sp³-hybridized carbons (Fsp3) is 0.184. The second kappa shape index (κ2) is 17.0. The Hall–Kier alpha value is -5.39. The van der Waals surface area contributed by atoms with Crippen LogP contribution in [-0.2, 0) is 31.8 Å². The smallest absolute Gasteiger partial charge is 0.330 e. The Morgan fingerprint density at radius 1 is 0.596 bits per heavy atom. The molecule has 7 nitrogen and oxygen atoms in total. The van der Waals surface area contributed by atoms with Gasteiger partial charge in [0, 0.05) is 11.8 Å². The summed E-state index contributed by atoms with van der Waals surface area (Å²) in [5.41, 5.74) is 3.11. The van der Waals surface area contributed by atoms with Crippen LogP contribution >= 0.6 is 22.6 Å². The van der Waals surface area contributed by atoms with Crippen LogP contribution in [0, 0.1) is 0 Å². The van der Waals surface area contributed by atoms with Gasteiger partial charge in [0.05, 0.1) is 10.5 Å². The molecule has 0 amide bonds. The third-order valence-corrected chi connectivity index (χ3v) is 12.1. The average molecular weight is 867 g/mol. The molecule has 0 unspecified atom stereocenters. The van der Waals surface area contributed by atoms with Crippen molar-refractivity contribution in [1.82, 2.24) is 9.55 Å². The van der Waals surface area contributed by atoms with E-state index in [0.717, 1.165) is 33.4 Å². The first kappa shape index (κ1) is 38.5. The number of alkyl halides is 1. The molecule has 0 radical (unpaired) electrons. The van der Waals surface area contributed by atoms with Crippen molar-refractivity contribution in [2.24, 2.45) is 0 Å². The summed E-state index contributed by atoms with van der Waals surface area (Å²) in [6.07, 6.45) is -0.0442. The van der Waals surface area contributed by atoms with Crippen LogP contribution in [0.2, 0.25) is 0 Å². The highest BCUT2D eigenvalue weighted by molar-refractivity contribution is 14.1. The van der Waals surface area contributed by atoms with E-state index in [1.165, 1.54) is 4.57 Å². The molecule has 4 atom stereocenters. The van der Waals surface area contributed by atoms with Gasteiger partial charge in [0.2, 0.25) is 0 Å². The highest BCUT2D eigenvalue weighted by Crippen LogP contribution is 2.48. The van der Waals surface area contributed by atoms with E-state index in [9.17, 15) is 9.59 Å². The van der Waals surface area contributed by atoms with Crippen LogP contribution in [0.15, 0.2) is 198 Å². The minimum atomic E-state index is -1.09. The van der Waals surface area contributed by atoms with Crippen molar-refractivity contribution in [2.75, 3.05) is 6.61 Å². The van der Waals surface area contributed by atoms with Crippen molar-refractivity contribution in [1.29, 1.82) is 0 Å². The van der Waals surface area contributed by atoms with Gasteiger partial charge in [0.15, 0.2) is 6.23 Å². The zero-order chi connectivity index (χ0) is 39.2. The predicted molar refractivity (Wildman–Crippen MR) is 232 cm³/mol. The molecule has 1 saturated heterocycles. The van der Waals surface area contributed by atoms with Gasteiger partial charge < -0.3 is 14.2 Å². The number of aromatic amines is 1. The molecular weight excluding hydrogens is 823 g/mol. The first-order valence-electron chi connectivity index (χ1n) is 19.2. The van der Waals surface area contributed by atoms with E-state index in [1.807, 2.05) is 116 Å². The van der Waals surface area contributed by atoms with Crippen LogP contribution in [0.3, 0.4) is 0 Å². The maximum absolute atomic E-state index is 13.6. The number of nitrogens with zero attached hydrogens (tertiary/aromatic N) is 1. The van der Waals surface area contributed by atoms with Gasteiger partial charge >= 0.3 is 5.69 Å². The summed E-state index contributed by atoms with van der Waals surface area (Å²) in [5, 5.41) is 0. The summed E-state index contributed by atoms with van der Waals surface area (Å²) in [7, 11) is 0. The average Bonchev–Trinajstić information content (AvgIpc) is 3.58. The number of rotatable bonds is 13. The van der Waals surface area contributed by atoms with E-state index in [2.05, 4.69) is 100 Å². The molecule has 0 bridgehead atoms. The number of halogens is 1. The van der Waals surface area contributed by atoms with Crippen molar-refractivity contribution in [3.8, 4) is 0 Å². The SMILES string of the molecule is CCc1cn([C@@H]2O[C@H](COC(c3ccccc3)(c3ccccc3)c3ccccc3)[C@@H](OC(c3ccccc3)(c3ccccc3)c3ccccc3)[C@H]2I)c(=O)[nH]c1=O. The molecule has 0 aliphatic carbocycles. The van der Waals surface area contributed by atoms with Crippen LogP contribution in [0.5, 0.6) is 0 Å². The van der Waals surface area contributed by atoms with Crippen LogP contribution in [0.1, 0.15) is 52.1 Å². The summed E-state index contributed by atoms with van der Waals surface area (Å²) in [4.78, 5) is 28.9. The Morgan fingerprint density at radius 3 is 1.33 bits per heavy atom. The van der Waals surface area contributed by atoms with Gasteiger partial charge in [-0.1, -0.05) is 212 Å². The van der Waals surface area contributed by atoms with Gasteiger partial charge in [-0.2, -0.15) is 0 Å². The lowest BCUT2D eigenvalue weighted by atomic mass is 9.79. The quantitative estimate of drug-likeness (QED) is 0.0711. The summed E-state index contributed by atoms with van der Waals surface area (Å²) >= 11 is 2.36. The molecule has 1 aromatic heterocycles. The first-order chi connectivity index (χ1) is 28.0. The highest BCUT2D eigenvalue weighted by Gasteiger charge is 2.52. The summed E-state index contributed by atoms with van der Waals surface area (Å²) < 4.78 is 23.3. The second-order valence-electron chi connectivity index (χ2n) is 14.1. The van der Waals surface area contributed by atoms with Crippen molar-refractivity contribution >= 4 is 22.6 Å². The number of benzene rings is 6. The van der Waals surface area contributed by atoms with E-state index in [4.69, 9.17) is 14.2 Å². The Morgan fingerprint density at radius 2 is 0.965 bits per heavy atom. The molecule has 1 aliphatic heterocycles. The normalized spacial score (nSPS) is 18.4. The van der Waals surface area contributed by atoms with Crippen molar-refractivity contribution in [3.63, 3.8) is 0 Å². The van der Waals surface area contributed by atoms with Crippen LogP contribution in [0.25, 0.3) is 0 Å². The van der Waals surface area contributed by atoms with Crippen LogP contribution in [0.4, 0.5) is 0 Å². The van der Waals surface area contributed by atoms with E-state index < -0.39 is 44.8 Å². The predicted octanol–water partition coefficient (Wildman–Crippen LogP) is 9.19. The number of hydrogen-bond acceptors (Lipinski definition) is 5. The van der Waals surface area contributed by atoms with Gasteiger partial charge in [0.1, 0.15) is 23.4 Å². The Labute approximate surface area is 346 Å². The van der Waals surface area contributed by atoms with E-state index in [-0.39, 0.29) is 6.61 Å². The third kappa shape index (κ3) is 7.34. The lowest BCUT2D eigenvalue weighted by Gasteiger charge is -2.41. The van der Waals surface area contributed by atoms with Gasteiger partial charge in [-0.25, -0.2) is 4.79 Å². The molecule has 1 N–H and O–H groups in total. The molecule has 8 heteroatoms. The minimum absolute atomic E-state index is 0.0898. The van der Waals surface area contributed by atoms with Crippen molar-refractivity contribution < 1.29 is 14.2 Å². The zero-order valence-corrected chi connectivity index (χ0v) is 33.6. The molecule has 1 fully saturated rings. The molecule has 6 aromatic carbocycles. The first-order valence-corrected chi connectivity index (χ1v) is 20.5. The number of H-pyrrole nitrogens is 1. The number of nitrogens with one attached hydrogen (secondary N) is 1. The molecule has 286 valence electrons. The van der Waals surface area contributed by atoms with Gasteiger partial charge in [-0.3, -0.25) is 14.3 Å². The van der Waals surface area contributed by atoms with Gasteiger partial charge in [0.25, 0.3) is 5.56 Å². The fourth-order valence-corrected chi connectivity index (χ4v) is 9.19. The Kier molecular flexibility index (Phi) is 11.5. The van der Waals surface area contributed by atoms with E-state index in [0.29, 0.717) is 12.0 Å².